The second-order valence-electron chi connectivity index (χ2n) is 4.01. The number of nitrogens with zero attached hydrogens (tertiary/aromatic N) is 1. The number of amides is 2. The zero-order chi connectivity index (χ0) is 15.4. The first kappa shape index (κ1) is 15.1. The Morgan fingerprint density at radius 3 is 2.33 bits per heavy atom. The molecule has 0 radical (unpaired) electrons. The molecule has 2 aromatic rings. The molecule has 0 heterocycles. The fourth-order valence-corrected chi connectivity index (χ4v) is 1.88. The lowest BCUT2D eigenvalue weighted by Gasteiger charge is -2.09. The van der Waals surface area contributed by atoms with Gasteiger partial charge in [-0.2, -0.15) is 0 Å². The van der Waals surface area contributed by atoms with Crippen molar-refractivity contribution in [3.05, 3.63) is 62.6 Å². The molecular formula is C13H9Cl2N3O3. The van der Waals surface area contributed by atoms with Crippen molar-refractivity contribution in [1.29, 1.82) is 0 Å². The summed E-state index contributed by atoms with van der Waals surface area (Å²) in [6.07, 6.45) is 0. The van der Waals surface area contributed by atoms with Gasteiger partial charge in [0.1, 0.15) is 0 Å². The van der Waals surface area contributed by atoms with Crippen molar-refractivity contribution in [3.8, 4) is 0 Å². The second-order valence-corrected chi connectivity index (χ2v) is 4.85. The van der Waals surface area contributed by atoms with Crippen LogP contribution < -0.4 is 10.6 Å². The fourth-order valence-electron chi connectivity index (χ4n) is 1.54. The van der Waals surface area contributed by atoms with Crippen molar-refractivity contribution in [1.82, 2.24) is 0 Å². The molecule has 0 aromatic heterocycles. The van der Waals surface area contributed by atoms with Crippen LogP contribution in [0.25, 0.3) is 0 Å². The van der Waals surface area contributed by atoms with E-state index in [9.17, 15) is 14.9 Å². The summed E-state index contributed by atoms with van der Waals surface area (Å²) in [4.78, 5) is 21.8. The van der Waals surface area contributed by atoms with Gasteiger partial charge < -0.3 is 10.6 Å². The third kappa shape index (κ3) is 4.08. The first-order valence-electron chi connectivity index (χ1n) is 5.73. The van der Waals surface area contributed by atoms with Gasteiger partial charge in [0.15, 0.2) is 0 Å². The van der Waals surface area contributed by atoms with E-state index >= 15 is 0 Å². The molecule has 8 heteroatoms. The van der Waals surface area contributed by atoms with Gasteiger partial charge in [-0.25, -0.2) is 4.79 Å². The molecule has 0 atom stereocenters. The minimum absolute atomic E-state index is 0.0566. The average Bonchev–Trinajstić information content (AvgIpc) is 2.43. The summed E-state index contributed by atoms with van der Waals surface area (Å²) < 4.78 is 0. The second kappa shape index (κ2) is 6.43. The third-order valence-corrected chi connectivity index (χ3v) is 3.08. The largest absolute Gasteiger partial charge is 0.323 e. The number of carbonyl (C=O) groups excluding carboxylic acids is 1. The van der Waals surface area contributed by atoms with Gasteiger partial charge in [-0.15, -0.1) is 0 Å². The van der Waals surface area contributed by atoms with Gasteiger partial charge in [-0.1, -0.05) is 23.2 Å². The molecule has 0 spiro atoms. The van der Waals surface area contributed by atoms with Crippen LogP contribution in [0.15, 0.2) is 42.5 Å². The lowest BCUT2D eigenvalue weighted by molar-refractivity contribution is -0.384. The quantitative estimate of drug-likeness (QED) is 0.641. The number of nitro benzene ring substituents is 1. The maximum atomic E-state index is 11.8. The molecule has 0 saturated heterocycles. The van der Waals surface area contributed by atoms with Crippen molar-refractivity contribution in [2.45, 2.75) is 0 Å². The number of nitro groups is 1. The van der Waals surface area contributed by atoms with Gasteiger partial charge in [0.2, 0.25) is 0 Å². The summed E-state index contributed by atoms with van der Waals surface area (Å²) in [5, 5.41) is 16.4. The fraction of sp³-hybridized carbons (Fsp3) is 0. The zero-order valence-corrected chi connectivity index (χ0v) is 12.0. The average molecular weight is 326 g/mol. The van der Waals surface area contributed by atoms with Crippen LogP contribution in [0, 0.1) is 10.1 Å². The van der Waals surface area contributed by atoms with Gasteiger partial charge in [-0.05, 0) is 30.3 Å². The smallest absolute Gasteiger partial charge is 0.308 e. The first-order valence-corrected chi connectivity index (χ1v) is 6.49. The minimum atomic E-state index is -0.534. The number of hydrogen-bond acceptors (Lipinski definition) is 3. The van der Waals surface area contributed by atoms with E-state index in [-0.39, 0.29) is 5.69 Å². The Balaban J connectivity index is 2.04. The zero-order valence-electron chi connectivity index (χ0n) is 10.5. The molecule has 0 saturated carbocycles. The highest BCUT2D eigenvalue weighted by molar-refractivity contribution is 6.35. The molecule has 2 rings (SSSR count). The first-order chi connectivity index (χ1) is 9.95. The Hall–Kier alpha value is -2.31. The van der Waals surface area contributed by atoms with Crippen molar-refractivity contribution in [2.75, 3.05) is 10.6 Å². The van der Waals surface area contributed by atoms with Crippen LogP contribution in [0.2, 0.25) is 10.0 Å². The van der Waals surface area contributed by atoms with E-state index in [1.165, 1.54) is 30.3 Å². The van der Waals surface area contributed by atoms with E-state index < -0.39 is 11.0 Å². The molecule has 6 nitrogen and oxygen atoms in total. The molecule has 0 bridgehead atoms. The molecule has 0 fully saturated rings. The lowest BCUT2D eigenvalue weighted by atomic mass is 10.3. The number of nitrogens with one attached hydrogen (secondary N) is 2. The highest BCUT2D eigenvalue weighted by atomic mass is 35.5. The normalized spacial score (nSPS) is 10.0. The monoisotopic (exact) mass is 325 g/mol. The maximum Gasteiger partial charge on any atom is 0.323 e. The van der Waals surface area contributed by atoms with E-state index in [1.54, 1.807) is 12.1 Å². The van der Waals surface area contributed by atoms with Crippen LogP contribution in [0.4, 0.5) is 21.9 Å². The molecule has 0 unspecified atom stereocenters. The van der Waals surface area contributed by atoms with E-state index in [4.69, 9.17) is 23.2 Å². The van der Waals surface area contributed by atoms with Crippen LogP contribution in [0.3, 0.4) is 0 Å². The van der Waals surface area contributed by atoms with Gasteiger partial charge in [0.05, 0.1) is 15.6 Å². The molecular weight excluding hydrogens is 317 g/mol. The molecule has 108 valence electrons. The Kier molecular flexibility index (Phi) is 4.62. The van der Waals surface area contributed by atoms with Crippen molar-refractivity contribution in [2.24, 2.45) is 0 Å². The Labute approximate surface area is 129 Å². The Bertz CT molecular complexity index is 690. The molecule has 2 amide bonds. The topological polar surface area (TPSA) is 84.3 Å². The number of anilines is 2. The van der Waals surface area contributed by atoms with Crippen LogP contribution in [-0.2, 0) is 0 Å². The number of rotatable bonds is 3. The lowest BCUT2D eigenvalue weighted by Crippen LogP contribution is -2.19. The Morgan fingerprint density at radius 2 is 1.71 bits per heavy atom. The predicted octanol–water partition coefficient (Wildman–Crippen LogP) is 4.55. The van der Waals surface area contributed by atoms with Gasteiger partial charge in [0.25, 0.3) is 5.69 Å². The number of non-ortho nitro benzene ring substituents is 1. The summed E-state index contributed by atoms with van der Waals surface area (Å²) in [7, 11) is 0. The molecule has 0 aliphatic rings. The maximum absolute atomic E-state index is 11.8. The van der Waals surface area contributed by atoms with E-state index in [2.05, 4.69) is 10.6 Å². The van der Waals surface area contributed by atoms with E-state index in [0.717, 1.165) is 0 Å². The summed E-state index contributed by atoms with van der Waals surface area (Å²) in [5.74, 6) is 0. The summed E-state index contributed by atoms with van der Waals surface area (Å²) in [5.41, 5.74) is 0.721. The number of carbonyl (C=O) groups is 1. The molecule has 2 N–H and O–H groups in total. The summed E-state index contributed by atoms with van der Waals surface area (Å²) in [6.45, 7) is 0. The van der Waals surface area contributed by atoms with Crippen molar-refractivity contribution in [3.63, 3.8) is 0 Å². The van der Waals surface area contributed by atoms with E-state index in [1.807, 2.05) is 0 Å². The highest BCUT2D eigenvalue weighted by Gasteiger charge is 2.08. The minimum Gasteiger partial charge on any atom is -0.308 e. The summed E-state index contributed by atoms with van der Waals surface area (Å²) in [6, 6.07) is 9.58. The Morgan fingerprint density at radius 1 is 1.05 bits per heavy atom. The standard InChI is InChI=1S/C13H9Cl2N3O3/c14-8-1-6-11(15)12(7-8)17-13(19)16-9-2-4-10(5-3-9)18(20)21/h1-7H,(H2,16,17,19). The van der Waals surface area contributed by atoms with Crippen LogP contribution in [0.5, 0.6) is 0 Å². The van der Waals surface area contributed by atoms with Gasteiger partial charge in [0, 0.05) is 22.8 Å². The van der Waals surface area contributed by atoms with Crippen molar-refractivity contribution < 1.29 is 9.72 Å². The summed E-state index contributed by atoms with van der Waals surface area (Å²) >= 11 is 11.7. The number of benzene rings is 2. The number of halogens is 2. The van der Waals surface area contributed by atoms with E-state index in [0.29, 0.717) is 21.4 Å². The van der Waals surface area contributed by atoms with Gasteiger partial charge >= 0.3 is 6.03 Å². The SMILES string of the molecule is O=C(Nc1ccc([N+](=O)[O-])cc1)Nc1cc(Cl)ccc1Cl. The highest BCUT2D eigenvalue weighted by Crippen LogP contribution is 2.25. The molecule has 21 heavy (non-hydrogen) atoms. The predicted molar refractivity (Wildman–Crippen MR) is 82.2 cm³/mol. The van der Waals surface area contributed by atoms with Gasteiger partial charge in [-0.3, -0.25) is 10.1 Å². The van der Waals surface area contributed by atoms with Crippen molar-refractivity contribution >= 4 is 46.3 Å². The molecule has 0 aliphatic carbocycles. The molecule has 2 aromatic carbocycles. The van der Waals surface area contributed by atoms with Crippen LogP contribution in [-0.4, -0.2) is 11.0 Å². The number of hydrogen-bond donors (Lipinski definition) is 2. The van der Waals surface area contributed by atoms with Crippen LogP contribution in [0.1, 0.15) is 0 Å². The third-order valence-electron chi connectivity index (χ3n) is 2.51. The van der Waals surface area contributed by atoms with Crippen LogP contribution >= 0.6 is 23.2 Å². The number of urea groups is 1. The molecule has 0 aliphatic heterocycles.